The van der Waals surface area contributed by atoms with E-state index in [1.54, 1.807) is 18.9 Å². The molecule has 98 valence electrons. The molecule has 0 aromatic carbocycles. The highest BCUT2D eigenvalue weighted by Gasteiger charge is 2.21. The summed E-state index contributed by atoms with van der Waals surface area (Å²) in [6.07, 6.45) is 3.19. The van der Waals surface area contributed by atoms with Crippen LogP contribution in [0.3, 0.4) is 0 Å². The van der Waals surface area contributed by atoms with Crippen molar-refractivity contribution in [2.45, 2.75) is 19.4 Å². The third-order valence-corrected chi connectivity index (χ3v) is 2.56. The van der Waals surface area contributed by atoms with Crippen molar-refractivity contribution in [1.82, 2.24) is 19.7 Å². The average molecular weight is 251 g/mol. The van der Waals surface area contributed by atoms with Crippen LogP contribution in [0.2, 0.25) is 0 Å². The molecule has 0 fully saturated rings. The molecule has 0 aliphatic carbocycles. The smallest absolute Gasteiger partial charge is 0.247 e. The first-order valence-corrected chi connectivity index (χ1v) is 5.69. The first kappa shape index (κ1) is 14.1. The van der Waals surface area contributed by atoms with Crippen LogP contribution in [0, 0.1) is 11.3 Å². The number of amides is 1. The number of hydrogen-bond acceptors (Lipinski definition) is 5. The van der Waals surface area contributed by atoms with Gasteiger partial charge >= 0.3 is 0 Å². The molecule has 0 N–H and O–H groups in total. The van der Waals surface area contributed by atoms with E-state index in [0.717, 1.165) is 0 Å². The summed E-state index contributed by atoms with van der Waals surface area (Å²) in [7, 11) is 1.58. The van der Waals surface area contributed by atoms with E-state index in [4.69, 9.17) is 10.00 Å². The van der Waals surface area contributed by atoms with Gasteiger partial charge in [0.15, 0.2) is 0 Å². The van der Waals surface area contributed by atoms with E-state index in [2.05, 4.69) is 10.1 Å². The van der Waals surface area contributed by atoms with Crippen LogP contribution in [-0.2, 0) is 9.53 Å². The number of nitrogens with zero attached hydrogens (tertiary/aromatic N) is 5. The molecule has 1 aromatic rings. The predicted octanol–water partition coefficient (Wildman–Crippen LogP) is 0.228. The number of nitriles is 1. The van der Waals surface area contributed by atoms with Gasteiger partial charge < -0.3 is 9.64 Å². The molecular weight excluding hydrogens is 234 g/mol. The van der Waals surface area contributed by atoms with Crippen LogP contribution >= 0.6 is 0 Å². The standard InChI is InChI=1S/C11H17N5O2/c1-10(16-9-13-8-14-16)11(17)15(5-3-4-12)6-7-18-2/h8-10H,3,5-7H2,1-2H3. The van der Waals surface area contributed by atoms with Crippen LogP contribution < -0.4 is 0 Å². The van der Waals surface area contributed by atoms with Crippen molar-refractivity contribution in [3.63, 3.8) is 0 Å². The maximum Gasteiger partial charge on any atom is 0.247 e. The Morgan fingerprint density at radius 3 is 2.94 bits per heavy atom. The van der Waals surface area contributed by atoms with Gasteiger partial charge in [-0.25, -0.2) is 9.67 Å². The molecule has 7 heteroatoms. The van der Waals surface area contributed by atoms with Gasteiger partial charge in [0, 0.05) is 20.2 Å². The quantitative estimate of drug-likeness (QED) is 0.692. The first-order chi connectivity index (χ1) is 8.70. The molecule has 0 aliphatic rings. The van der Waals surface area contributed by atoms with E-state index in [1.807, 2.05) is 6.07 Å². The van der Waals surface area contributed by atoms with Gasteiger partial charge in [-0.15, -0.1) is 0 Å². The van der Waals surface area contributed by atoms with Gasteiger partial charge in [-0.3, -0.25) is 4.79 Å². The first-order valence-electron chi connectivity index (χ1n) is 5.69. The van der Waals surface area contributed by atoms with Gasteiger partial charge in [0.05, 0.1) is 19.1 Å². The normalized spacial score (nSPS) is 11.8. The summed E-state index contributed by atoms with van der Waals surface area (Å²) in [6.45, 7) is 3.07. The monoisotopic (exact) mass is 251 g/mol. The third kappa shape index (κ3) is 3.82. The summed E-state index contributed by atoms with van der Waals surface area (Å²) in [6, 6.07) is 1.61. The van der Waals surface area contributed by atoms with Gasteiger partial charge in [0.1, 0.15) is 18.7 Å². The summed E-state index contributed by atoms with van der Waals surface area (Å²) in [5, 5.41) is 12.5. The van der Waals surface area contributed by atoms with E-state index >= 15 is 0 Å². The molecule has 7 nitrogen and oxygen atoms in total. The predicted molar refractivity (Wildman–Crippen MR) is 63.4 cm³/mol. The fourth-order valence-electron chi connectivity index (χ4n) is 1.51. The Balaban J connectivity index is 2.65. The van der Waals surface area contributed by atoms with Crippen LogP contribution in [0.4, 0.5) is 0 Å². The molecule has 0 spiro atoms. The highest BCUT2D eigenvalue weighted by Crippen LogP contribution is 2.08. The number of methoxy groups -OCH3 is 1. The van der Waals surface area contributed by atoms with Crippen LogP contribution in [0.1, 0.15) is 19.4 Å². The number of ether oxygens (including phenoxy) is 1. The SMILES string of the molecule is COCCN(CCC#N)C(=O)C(C)n1cncn1. The van der Waals surface area contributed by atoms with Gasteiger partial charge in [-0.2, -0.15) is 10.4 Å². The lowest BCUT2D eigenvalue weighted by Crippen LogP contribution is -2.39. The molecule has 1 rings (SSSR count). The Bertz CT molecular complexity index is 398. The molecule has 18 heavy (non-hydrogen) atoms. The van der Waals surface area contributed by atoms with Crippen molar-refractivity contribution in [2.24, 2.45) is 0 Å². The fourth-order valence-corrected chi connectivity index (χ4v) is 1.51. The number of carbonyl (C=O) groups excluding carboxylic acids is 1. The van der Waals surface area contributed by atoms with Crippen LogP contribution in [0.5, 0.6) is 0 Å². The zero-order valence-corrected chi connectivity index (χ0v) is 10.6. The lowest BCUT2D eigenvalue weighted by molar-refractivity contribution is -0.135. The highest BCUT2D eigenvalue weighted by molar-refractivity contribution is 5.79. The lowest BCUT2D eigenvalue weighted by atomic mass is 10.2. The van der Waals surface area contributed by atoms with Gasteiger partial charge in [-0.1, -0.05) is 0 Å². The molecule has 1 unspecified atom stereocenters. The summed E-state index contributed by atoms with van der Waals surface area (Å²) < 4.78 is 6.46. The van der Waals surface area contributed by atoms with E-state index < -0.39 is 6.04 Å². The van der Waals surface area contributed by atoms with Gasteiger partial charge in [-0.05, 0) is 6.92 Å². The summed E-state index contributed by atoms with van der Waals surface area (Å²) in [4.78, 5) is 17.6. The average Bonchev–Trinajstić information content (AvgIpc) is 2.91. The van der Waals surface area contributed by atoms with E-state index in [-0.39, 0.29) is 5.91 Å². The van der Waals surface area contributed by atoms with Crippen LogP contribution in [0.25, 0.3) is 0 Å². The van der Waals surface area contributed by atoms with Crippen molar-refractivity contribution in [1.29, 1.82) is 5.26 Å². The minimum absolute atomic E-state index is 0.0900. The Kier molecular flexibility index (Phi) is 5.80. The molecule has 0 saturated carbocycles. The molecule has 1 heterocycles. The Morgan fingerprint density at radius 1 is 1.61 bits per heavy atom. The summed E-state index contributed by atoms with van der Waals surface area (Å²) >= 11 is 0. The molecule has 1 atom stereocenters. The van der Waals surface area contributed by atoms with Crippen molar-refractivity contribution >= 4 is 5.91 Å². The number of carbonyl (C=O) groups is 1. The third-order valence-electron chi connectivity index (χ3n) is 2.56. The molecule has 1 aromatic heterocycles. The maximum atomic E-state index is 12.2. The molecule has 0 bridgehead atoms. The molecular formula is C11H17N5O2. The van der Waals surface area contributed by atoms with Gasteiger partial charge in [0.2, 0.25) is 5.91 Å². The van der Waals surface area contributed by atoms with E-state index in [9.17, 15) is 4.79 Å². The molecule has 1 amide bonds. The summed E-state index contributed by atoms with van der Waals surface area (Å²) in [5.74, 6) is -0.0900. The molecule has 0 radical (unpaired) electrons. The molecule has 0 saturated heterocycles. The Morgan fingerprint density at radius 2 is 2.39 bits per heavy atom. The van der Waals surface area contributed by atoms with Crippen molar-refractivity contribution in [3.05, 3.63) is 12.7 Å². The van der Waals surface area contributed by atoms with Crippen molar-refractivity contribution < 1.29 is 9.53 Å². The van der Waals surface area contributed by atoms with Crippen LogP contribution in [-0.4, -0.2) is 52.4 Å². The zero-order chi connectivity index (χ0) is 13.4. The topological polar surface area (TPSA) is 84.0 Å². The van der Waals surface area contributed by atoms with Crippen molar-refractivity contribution in [2.75, 3.05) is 26.8 Å². The number of rotatable bonds is 7. The lowest BCUT2D eigenvalue weighted by Gasteiger charge is -2.24. The Hall–Kier alpha value is -1.94. The number of aromatic nitrogens is 3. The second-order valence-electron chi connectivity index (χ2n) is 3.78. The fraction of sp³-hybridized carbons (Fsp3) is 0.636. The largest absolute Gasteiger partial charge is 0.383 e. The minimum Gasteiger partial charge on any atom is -0.383 e. The number of hydrogen-bond donors (Lipinski definition) is 0. The Labute approximate surface area is 106 Å². The second-order valence-corrected chi connectivity index (χ2v) is 3.78. The van der Waals surface area contributed by atoms with E-state index in [0.29, 0.717) is 26.1 Å². The molecule has 0 aliphatic heterocycles. The highest BCUT2D eigenvalue weighted by atomic mass is 16.5. The maximum absolute atomic E-state index is 12.2. The minimum atomic E-state index is -0.428. The van der Waals surface area contributed by atoms with Crippen LogP contribution in [0.15, 0.2) is 12.7 Å². The zero-order valence-electron chi connectivity index (χ0n) is 10.6. The van der Waals surface area contributed by atoms with Gasteiger partial charge in [0.25, 0.3) is 0 Å². The second kappa shape index (κ2) is 7.40. The van der Waals surface area contributed by atoms with Crippen molar-refractivity contribution in [3.8, 4) is 6.07 Å². The summed E-state index contributed by atoms with van der Waals surface area (Å²) in [5.41, 5.74) is 0. The van der Waals surface area contributed by atoms with E-state index in [1.165, 1.54) is 17.3 Å².